The van der Waals surface area contributed by atoms with Crippen molar-refractivity contribution in [3.8, 4) is 0 Å². The van der Waals surface area contributed by atoms with Gasteiger partial charge in [-0.1, -0.05) is 12.1 Å². The Morgan fingerprint density at radius 2 is 1.82 bits per heavy atom. The lowest BCUT2D eigenvalue weighted by molar-refractivity contribution is -0.113. The summed E-state index contributed by atoms with van der Waals surface area (Å²) in [6.07, 6.45) is 1.42. The third kappa shape index (κ3) is 3.58. The lowest BCUT2D eigenvalue weighted by Gasteiger charge is -2.27. The van der Waals surface area contributed by atoms with E-state index in [9.17, 15) is 9.59 Å². The molecule has 6 heteroatoms. The number of alkyl carbamates (subject to hydrolysis) is 1. The van der Waals surface area contributed by atoms with Gasteiger partial charge in [0.2, 0.25) is 0 Å². The number of rotatable bonds is 3. The van der Waals surface area contributed by atoms with Gasteiger partial charge in [0.15, 0.2) is 6.29 Å². The molecular formula is C16H19N3O3. The first-order chi connectivity index (χ1) is 10.2. The molecule has 2 aromatic rings. The molecule has 6 nitrogen and oxygen atoms in total. The molecular weight excluding hydrogens is 282 g/mol. The van der Waals surface area contributed by atoms with Crippen molar-refractivity contribution in [3.05, 3.63) is 36.2 Å². The third-order valence-corrected chi connectivity index (χ3v) is 2.98. The van der Waals surface area contributed by atoms with Crippen molar-refractivity contribution in [2.75, 3.05) is 0 Å². The second kappa shape index (κ2) is 5.71. The number of hydrogen-bond donors (Lipinski definition) is 1. The summed E-state index contributed by atoms with van der Waals surface area (Å²) in [6.45, 7) is 6.81. The van der Waals surface area contributed by atoms with Crippen LogP contribution in [0.4, 0.5) is 4.79 Å². The molecule has 0 saturated carbocycles. The predicted molar refractivity (Wildman–Crippen MR) is 82.3 cm³/mol. The minimum Gasteiger partial charge on any atom is -0.444 e. The highest BCUT2D eigenvalue weighted by Crippen LogP contribution is 2.19. The first-order valence-corrected chi connectivity index (χ1v) is 6.93. The second-order valence-electron chi connectivity index (χ2n) is 6.19. The Morgan fingerprint density at radius 3 is 2.41 bits per heavy atom. The molecule has 1 aromatic heterocycles. The number of hydrogen-bond acceptors (Lipinski definition) is 5. The van der Waals surface area contributed by atoms with Gasteiger partial charge in [-0.25, -0.2) is 9.78 Å². The Balaban J connectivity index is 2.31. The van der Waals surface area contributed by atoms with Crippen molar-refractivity contribution in [1.82, 2.24) is 15.3 Å². The van der Waals surface area contributed by atoms with Crippen LogP contribution in [-0.4, -0.2) is 27.9 Å². The van der Waals surface area contributed by atoms with Gasteiger partial charge >= 0.3 is 6.09 Å². The number of amides is 1. The van der Waals surface area contributed by atoms with Gasteiger partial charge in [-0.15, -0.1) is 0 Å². The molecule has 1 atom stereocenters. The van der Waals surface area contributed by atoms with Crippen LogP contribution >= 0.6 is 0 Å². The lowest BCUT2D eigenvalue weighted by atomic mass is 10.0. The Hall–Kier alpha value is -2.50. The van der Waals surface area contributed by atoms with E-state index in [4.69, 9.17) is 4.74 Å². The summed E-state index contributed by atoms with van der Waals surface area (Å²) in [6, 6.07) is 7.31. The maximum Gasteiger partial charge on any atom is 0.408 e. The number of carbonyl (C=O) groups is 2. The highest BCUT2D eigenvalue weighted by atomic mass is 16.6. The number of nitrogens with zero attached hydrogens (tertiary/aromatic N) is 2. The van der Waals surface area contributed by atoms with Crippen LogP contribution in [0.25, 0.3) is 11.0 Å². The van der Waals surface area contributed by atoms with Crippen LogP contribution in [0, 0.1) is 0 Å². The van der Waals surface area contributed by atoms with Crippen molar-refractivity contribution in [2.24, 2.45) is 0 Å². The normalized spacial score (nSPS) is 14.2. The zero-order valence-electron chi connectivity index (χ0n) is 13.1. The maximum atomic E-state index is 11.9. The van der Waals surface area contributed by atoms with Crippen molar-refractivity contribution < 1.29 is 14.3 Å². The topological polar surface area (TPSA) is 81.2 Å². The number of nitrogens with one attached hydrogen (secondary N) is 1. The number of fused-ring (bicyclic) bond motifs is 1. The number of para-hydroxylation sites is 2. The Kier molecular flexibility index (Phi) is 4.12. The molecule has 2 rings (SSSR count). The molecule has 22 heavy (non-hydrogen) atoms. The minimum atomic E-state index is -1.31. The van der Waals surface area contributed by atoms with Gasteiger partial charge in [0.05, 0.1) is 22.9 Å². The fraction of sp³-hybridized carbons (Fsp3) is 0.375. The predicted octanol–water partition coefficient (Wildman–Crippen LogP) is 2.57. The van der Waals surface area contributed by atoms with Gasteiger partial charge in [0, 0.05) is 0 Å². The van der Waals surface area contributed by atoms with Gasteiger partial charge in [0.25, 0.3) is 0 Å². The molecule has 1 aromatic carbocycles. The van der Waals surface area contributed by atoms with E-state index < -0.39 is 17.2 Å². The molecule has 1 unspecified atom stereocenters. The molecule has 0 aliphatic carbocycles. The van der Waals surface area contributed by atoms with E-state index in [0.29, 0.717) is 17.5 Å². The van der Waals surface area contributed by atoms with E-state index in [-0.39, 0.29) is 0 Å². The van der Waals surface area contributed by atoms with E-state index >= 15 is 0 Å². The lowest BCUT2D eigenvalue weighted by Crippen LogP contribution is -2.47. The number of carbonyl (C=O) groups excluding carboxylic acids is 2. The Morgan fingerprint density at radius 1 is 1.18 bits per heavy atom. The number of ether oxygens (including phenoxy) is 1. The summed E-state index contributed by atoms with van der Waals surface area (Å²) in [5.41, 5.74) is -0.231. The van der Waals surface area contributed by atoms with Gasteiger partial charge in [0.1, 0.15) is 11.1 Å². The van der Waals surface area contributed by atoms with Crippen molar-refractivity contribution in [1.29, 1.82) is 0 Å². The Labute approximate surface area is 128 Å². The zero-order chi connectivity index (χ0) is 16.4. The van der Waals surface area contributed by atoms with Gasteiger partial charge < -0.3 is 14.8 Å². The SMILES string of the molecule is CC(C)(C)OC(=O)NC(C)(C=O)c1cnc2ccccc2n1. The van der Waals surface area contributed by atoms with Crippen LogP contribution in [0.15, 0.2) is 30.5 Å². The molecule has 0 aliphatic rings. The smallest absolute Gasteiger partial charge is 0.408 e. The number of aldehydes is 1. The van der Waals surface area contributed by atoms with Crippen LogP contribution in [-0.2, 0) is 15.1 Å². The molecule has 0 fully saturated rings. The molecule has 1 heterocycles. The van der Waals surface area contributed by atoms with Crippen molar-refractivity contribution in [2.45, 2.75) is 38.8 Å². The molecule has 0 spiro atoms. The van der Waals surface area contributed by atoms with Gasteiger partial charge in [-0.2, -0.15) is 0 Å². The second-order valence-corrected chi connectivity index (χ2v) is 6.19. The summed E-state index contributed by atoms with van der Waals surface area (Å²) in [5, 5.41) is 2.55. The highest BCUT2D eigenvalue weighted by molar-refractivity contribution is 5.79. The van der Waals surface area contributed by atoms with E-state index in [0.717, 1.165) is 5.52 Å². The summed E-state index contributed by atoms with van der Waals surface area (Å²) in [7, 11) is 0. The highest BCUT2D eigenvalue weighted by Gasteiger charge is 2.32. The van der Waals surface area contributed by atoms with Crippen molar-refractivity contribution >= 4 is 23.4 Å². The van der Waals surface area contributed by atoms with Crippen LogP contribution < -0.4 is 5.32 Å². The van der Waals surface area contributed by atoms with Crippen molar-refractivity contribution in [3.63, 3.8) is 0 Å². The molecule has 0 radical (unpaired) electrons. The Bertz CT molecular complexity index is 709. The molecule has 0 aliphatic heterocycles. The minimum absolute atomic E-state index is 0.354. The summed E-state index contributed by atoms with van der Waals surface area (Å²) < 4.78 is 5.19. The summed E-state index contributed by atoms with van der Waals surface area (Å²) in [4.78, 5) is 32.1. The maximum absolute atomic E-state index is 11.9. The largest absolute Gasteiger partial charge is 0.444 e. The van der Waals surface area contributed by atoms with Crippen LogP contribution in [0.2, 0.25) is 0 Å². The van der Waals surface area contributed by atoms with Crippen LogP contribution in [0.5, 0.6) is 0 Å². The van der Waals surface area contributed by atoms with Gasteiger partial charge in [-0.3, -0.25) is 4.98 Å². The fourth-order valence-corrected chi connectivity index (χ4v) is 1.88. The quantitative estimate of drug-likeness (QED) is 0.881. The van der Waals surface area contributed by atoms with E-state index in [1.54, 1.807) is 33.8 Å². The van der Waals surface area contributed by atoms with E-state index in [1.807, 2.05) is 18.2 Å². The first kappa shape index (κ1) is 15.9. The van der Waals surface area contributed by atoms with E-state index in [1.165, 1.54) is 6.20 Å². The zero-order valence-corrected chi connectivity index (χ0v) is 13.1. The number of benzene rings is 1. The molecule has 1 N–H and O–H groups in total. The van der Waals surface area contributed by atoms with E-state index in [2.05, 4.69) is 15.3 Å². The van der Waals surface area contributed by atoms with Gasteiger partial charge in [-0.05, 0) is 39.8 Å². The van der Waals surface area contributed by atoms with Crippen LogP contribution in [0.1, 0.15) is 33.4 Å². The summed E-state index contributed by atoms with van der Waals surface area (Å²) in [5.74, 6) is 0. The number of aromatic nitrogens is 2. The molecule has 0 saturated heterocycles. The molecule has 0 bridgehead atoms. The molecule has 1 amide bonds. The average Bonchev–Trinajstić information content (AvgIpc) is 2.44. The summed E-state index contributed by atoms with van der Waals surface area (Å²) >= 11 is 0. The molecule has 116 valence electrons. The average molecular weight is 301 g/mol. The first-order valence-electron chi connectivity index (χ1n) is 6.93. The monoisotopic (exact) mass is 301 g/mol. The third-order valence-electron chi connectivity index (χ3n) is 2.98. The van der Waals surface area contributed by atoms with Crippen LogP contribution in [0.3, 0.4) is 0 Å². The fourth-order valence-electron chi connectivity index (χ4n) is 1.88. The standard InChI is InChI=1S/C16H19N3O3/c1-15(2,3)22-14(21)19-16(4,10-20)13-9-17-11-7-5-6-8-12(11)18-13/h5-10H,1-4H3,(H,19,21).